The Balaban J connectivity index is 1.72. The number of ether oxygens (including phenoxy) is 1. The number of aliphatic hydroxyl groups excluding tert-OH is 1. The topological polar surface area (TPSA) is 70.1 Å². The Morgan fingerprint density at radius 2 is 1.66 bits per heavy atom. The summed E-state index contributed by atoms with van der Waals surface area (Å²) >= 11 is 0. The molecule has 6 nitrogen and oxygen atoms in total. The summed E-state index contributed by atoms with van der Waals surface area (Å²) in [5, 5.41) is 11.1. The van der Waals surface area contributed by atoms with Crippen LogP contribution in [-0.4, -0.2) is 66.0 Å². The van der Waals surface area contributed by atoms with Crippen LogP contribution in [0.25, 0.3) is 5.76 Å². The van der Waals surface area contributed by atoms with Crippen molar-refractivity contribution in [1.82, 2.24) is 9.80 Å². The van der Waals surface area contributed by atoms with Crippen molar-refractivity contribution in [3.8, 4) is 0 Å². The van der Waals surface area contributed by atoms with E-state index in [0.717, 1.165) is 18.7 Å². The molecule has 2 saturated heterocycles. The lowest BCUT2D eigenvalue weighted by molar-refractivity contribution is -0.140. The first-order valence-corrected chi connectivity index (χ1v) is 11.2. The Morgan fingerprint density at radius 1 is 1.00 bits per heavy atom. The number of rotatable bonds is 6. The molecule has 2 aliphatic heterocycles. The highest BCUT2D eigenvalue weighted by atomic mass is 16.5. The summed E-state index contributed by atoms with van der Waals surface area (Å²) < 4.78 is 5.41. The van der Waals surface area contributed by atoms with Gasteiger partial charge in [-0.05, 0) is 17.0 Å². The molecule has 2 aliphatic rings. The van der Waals surface area contributed by atoms with E-state index in [1.165, 1.54) is 5.56 Å². The SMILES string of the molecule is CC(C)c1ccc([C@H]2/C(=C(\O)c3ccccc3)C(=O)C(=O)N2CCN2CCOCC2)cc1. The second-order valence-electron chi connectivity index (χ2n) is 8.63. The second-order valence-corrected chi connectivity index (χ2v) is 8.63. The molecule has 6 heteroatoms. The number of carbonyl (C=O) groups excluding carboxylic acids is 2. The van der Waals surface area contributed by atoms with E-state index in [1.807, 2.05) is 30.3 Å². The fourth-order valence-electron chi connectivity index (χ4n) is 4.35. The first kappa shape index (κ1) is 22.2. The van der Waals surface area contributed by atoms with Crippen LogP contribution in [0.1, 0.15) is 42.5 Å². The van der Waals surface area contributed by atoms with Gasteiger partial charge in [-0.1, -0.05) is 68.4 Å². The van der Waals surface area contributed by atoms with E-state index < -0.39 is 17.7 Å². The van der Waals surface area contributed by atoms with Gasteiger partial charge in [0.05, 0.1) is 24.8 Å². The van der Waals surface area contributed by atoms with Crippen LogP contribution in [0.15, 0.2) is 60.2 Å². The van der Waals surface area contributed by atoms with Gasteiger partial charge in [0.1, 0.15) is 5.76 Å². The minimum Gasteiger partial charge on any atom is -0.507 e. The summed E-state index contributed by atoms with van der Waals surface area (Å²) in [6, 6.07) is 16.3. The van der Waals surface area contributed by atoms with Crippen molar-refractivity contribution < 1.29 is 19.4 Å². The Kier molecular flexibility index (Phi) is 6.72. The number of hydrogen-bond donors (Lipinski definition) is 1. The van der Waals surface area contributed by atoms with Gasteiger partial charge in [-0.3, -0.25) is 14.5 Å². The van der Waals surface area contributed by atoms with Gasteiger partial charge >= 0.3 is 0 Å². The molecular formula is C26H30N2O4. The molecule has 168 valence electrons. The average Bonchev–Trinajstić information content (AvgIpc) is 3.08. The van der Waals surface area contributed by atoms with E-state index in [2.05, 4.69) is 18.7 Å². The van der Waals surface area contributed by atoms with Crippen molar-refractivity contribution in [2.75, 3.05) is 39.4 Å². The van der Waals surface area contributed by atoms with Crippen molar-refractivity contribution >= 4 is 17.4 Å². The smallest absolute Gasteiger partial charge is 0.295 e. The molecule has 2 aromatic rings. The molecule has 1 amide bonds. The molecule has 2 heterocycles. The van der Waals surface area contributed by atoms with Crippen LogP contribution >= 0.6 is 0 Å². The van der Waals surface area contributed by atoms with Gasteiger partial charge in [-0.15, -0.1) is 0 Å². The number of aliphatic hydroxyl groups is 1. The third kappa shape index (κ3) is 4.47. The van der Waals surface area contributed by atoms with Gasteiger partial charge in [-0.25, -0.2) is 0 Å². The molecule has 1 N–H and O–H groups in total. The summed E-state index contributed by atoms with van der Waals surface area (Å²) in [6.07, 6.45) is 0. The van der Waals surface area contributed by atoms with Crippen molar-refractivity contribution in [2.45, 2.75) is 25.8 Å². The largest absolute Gasteiger partial charge is 0.507 e. The van der Waals surface area contributed by atoms with E-state index in [9.17, 15) is 14.7 Å². The third-order valence-electron chi connectivity index (χ3n) is 6.27. The fraction of sp³-hybridized carbons (Fsp3) is 0.385. The highest BCUT2D eigenvalue weighted by Gasteiger charge is 2.46. The van der Waals surface area contributed by atoms with Gasteiger partial charge in [0.15, 0.2) is 0 Å². The number of amides is 1. The lowest BCUT2D eigenvalue weighted by Crippen LogP contribution is -2.42. The van der Waals surface area contributed by atoms with Gasteiger partial charge in [0.2, 0.25) is 0 Å². The molecule has 0 bridgehead atoms. The Bertz CT molecular complexity index is 992. The first-order chi connectivity index (χ1) is 15.5. The Morgan fingerprint density at radius 3 is 2.28 bits per heavy atom. The Hall–Kier alpha value is -2.96. The number of nitrogens with zero attached hydrogens (tertiary/aromatic N) is 2. The number of benzene rings is 2. The van der Waals surface area contributed by atoms with Gasteiger partial charge in [0.25, 0.3) is 11.7 Å². The van der Waals surface area contributed by atoms with Gasteiger partial charge in [0, 0.05) is 31.7 Å². The van der Waals surface area contributed by atoms with E-state index in [-0.39, 0.29) is 11.3 Å². The maximum absolute atomic E-state index is 13.1. The van der Waals surface area contributed by atoms with Crippen LogP contribution < -0.4 is 0 Å². The standard InChI is InChI=1S/C26H30N2O4/c1-18(2)19-8-10-20(11-9-19)23-22(24(29)21-6-4-3-5-7-21)25(30)26(31)28(23)13-12-27-14-16-32-17-15-27/h3-11,18,23,29H,12-17H2,1-2H3/b24-22+/t23-/m0/s1. The molecule has 0 radical (unpaired) electrons. The monoisotopic (exact) mass is 434 g/mol. The molecule has 0 saturated carbocycles. The molecule has 0 aliphatic carbocycles. The van der Waals surface area contributed by atoms with Crippen molar-refractivity contribution in [3.05, 3.63) is 76.9 Å². The van der Waals surface area contributed by atoms with Crippen LogP contribution in [0.5, 0.6) is 0 Å². The first-order valence-electron chi connectivity index (χ1n) is 11.2. The van der Waals surface area contributed by atoms with Crippen molar-refractivity contribution in [2.24, 2.45) is 0 Å². The molecule has 2 aromatic carbocycles. The summed E-state index contributed by atoms with van der Waals surface area (Å²) in [6.45, 7) is 8.27. The highest BCUT2D eigenvalue weighted by Crippen LogP contribution is 2.39. The minimum atomic E-state index is -0.633. The van der Waals surface area contributed by atoms with Gasteiger partial charge < -0.3 is 14.7 Å². The summed E-state index contributed by atoms with van der Waals surface area (Å²) in [4.78, 5) is 30.0. The summed E-state index contributed by atoms with van der Waals surface area (Å²) in [5.41, 5.74) is 2.69. The lowest BCUT2D eigenvalue weighted by Gasteiger charge is -2.31. The van der Waals surface area contributed by atoms with E-state index in [4.69, 9.17) is 4.74 Å². The quantitative estimate of drug-likeness (QED) is 0.428. The second kappa shape index (κ2) is 9.67. The highest BCUT2D eigenvalue weighted by molar-refractivity contribution is 6.46. The van der Waals surface area contributed by atoms with Crippen LogP contribution in [-0.2, 0) is 14.3 Å². The lowest BCUT2D eigenvalue weighted by atomic mass is 9.93. The average molecular weight is 435 g/mol. The number of likely N-dealkylation sites (tertiary alicyclic amines) is 1. The Labute approximate surface area is 189 Å². The predicted molar refractivity (Wildman–Crippen MR) is 123 cm³/mol. The molecule has 1 atom stereocenters. The molecule has 4 rings (SSSR count). The maximum atomic E-state index is 13.1. The number of hydrogen-bond acceptors (Lipinski definition) is 5. The molecular weight excluding hydrogens is 404 g/mol. The van der Waals surface area contributed by atoms with Crippen LogP contribution in [0.4, 0.5) is 0 Å². The number of carbonyl (C=O) groups is 2. The molecule has 2 fully saturated rings. The van der Waals surface area contributed by atoms with Gasteiger partial charge in [-0.2, -0.15) is 0 Å². The van der Waals surface area contributed by atoms with E-state index in [1.54, 1.807) is 29.2 Å². The number of morpholine rings is 1. The molecule has 0 aromatic heterocycles. The minimum absolute atomic E-state index is 0.129. The van der Waals surface area contributed by atoms with Crippen molar-refractivity contribution in [3.63, 3.8) is 0 Å². The van der Waals surface area contributed by atoms with Crippen LogP contribution in [0, 0.1) is 0 Å². The summed E-state index contributed by atoms with van der Waals surface area (Å²) in [5.74, 6) is -0.947. The number of Topliss-reactive ketones (excluding diaryl/α,β-unsaturated/α-hetero) is 1. The summed E-state index contributed by atoms with van der Waals surface area (Å²) in [7, 11) is 0. The predicted octanol–water partition coefficient (Wildman–Crippen LogP) is 3.56. The molecule has 0 unspecified atom stereocenters. The fourth-order valence-corrected chi connectivity index (χ4v) is 4.35. The third-order valence-corrected chi connectivity index (χ3v) is 6.27. The van der Waals surface area contributed by atoms with E-state index >= 15 is 0 Å². The zero-order valence-electron chi connectivity index (χ0n) is 18.7. The maximum Gasteiger partial charge on any atom is 0.295 e. The van der Waals surface area contributed by atoms with Crippen LogP contribution in [0.3, 0.4) is 0 Å². The van der Waals surface area contributed by atoms with Crippen LogP contribution in [0.2, 0.25) is 0 Å². The zero-order valence-corrected chi connectivity index (χ0v) is 18.7. The molecule has 0 spiro atoms. The van der Waals surface area contributed by atoms with E-state index in [0.29, 0.717) is 37.8 Å². The normalized spacial score (nSPS) is 21.5. The van der Waals surface area contributed by atoms with Crippen molar-refractivity contribution in [1.29, 1.82) is 0 Å². The number of ketones is 1. The zero-order chi connectivity index (χ0) is 22.7. The molecule has 32 heavy (non-hydrogen) atoms.